The molecule has 0 saturated heterocycles. The van der Waals surface area contributed by atoms with Gasteiger partial charge >= 0.3 is 0 Å². The van der Waals surface area contributed by atoms with Gasteiger partial charge in [0.2, 0.25) is 0 Å². The molecule has 1 heterocycles. The van der Waals surface area contributed by atoms with E-state index in [1.165, 1.54) is 0 Å². The van der Waals surface area contributed by atoms with Gasteiger partial charge in [-0.25, -0.2) is 4.98 Å². The zero-order valence-corrected chi connectivity index (χ0v) is 13.9. The molecule has 0 aliphatic rings. The molecule has 0 aromatic carbocycles. The number of amides is 1. The maximum Gasteiger partial charge on any atom is 0.254 e. The van der Waals surface area contributed by atoms with E-state index >= 15 is 0 Å². The Balaban J connectivity index is 2.95. The molecule has 0 spiro atoms. The number of carbonyl (C=O) groups is 1. The Morgan fingerprint density at radius 3 is 2.48 bits per heavy atom. The molecule has 118 valence electrons. The number of pyridine rings is 1. The number of hydrogen-bond donors (Lipinski definition) is 1. The number of nitrogen functional groups attached to an aromatic ring is 1. The molecule has 1 aromatic rings. The summed E-state index contributed by atoms with van der Waals surface area (Å²) in [5, 5.41) is 0. The van der Waals surface area contributed by atoms with Crippen LogP contribution in [0.25, 0.3) is 0 Å². The van der Waals surface area contributed by atoms with E-state index in [9.17, 15) is 4.79 Å². The van der Waals surface area contributed by atoms with E-state index < -0.39 is 0 Å². The normalized spacial score (nSPS) is 11.2. The molecule has 5 nitrogen and oxygen atoms in total. The van der Waals surface area contributed by atoms with Crippen molar-refractivity contribution in [1.82, 2.24) is 14.8 Å². The van der Waals surface area contributed by atoms with Crippen LogP contribution in [0.4, 0.5) is 5.82 Å². The molecule has 1 amide bonds. The van der Waals surface area contributed by atoms with Crippen molar-refractivity contribution in [1.29, 1.82) is 0 Å². The Labute approximate surface area is 128 Å². The van der Waals surface area contributed by atoms with Gasteiger partial charge in [0.1, 0.15) is 5.82 Å². The molecule has 0 aliphatic heterocycles. The van der Waals surface area contributed by atoms with E-state index in [1.807, 2.05) is 32.0 Å². The maximum absolute atomic E-state index is 12.7. The molecule has 0 fully saturated rings. The van der Waals surface area contributed by atoms with E-state index in [0.29, 0.717) is 23.8 Å². The highest BCUT2D eigenvalue weighted by Gasteiger charge is 2.18. The number of nitrogens with zero attached hydrogens (tertiary/aromatic N) is 3. The van der Waals surface area contributed by atoms with E-state index in [1.54, 1.807) is 6.07 Å². The van der Waals surface area contributed by atoms with Crippen molar-refractivity contribution < 1.29 is 4.79 Å². The Morgan fingerprint density at radius 2 is 1.95 bits per heavy atom. The Bertz CT molecular complexity index is 471. The fourth-order valence-corrected chi connectivity index (χ4v) is 2.14. The fourth-order valence-electron chi connectivity index (χ4n) is 2.14. The third kappa shape index (κ3) is 5.71. The monoisotopic (exact) mass is 292 g/mol. The topological polar surface area (TPSA) is 62.5 Å². The standard InChI is InChI=1S/C16H28N4O/c1-6-14-9-13(10-15(17)18-14)16(21)20(11-12(2)3)8-7-19(4)5/h9-10,12H,6-8,11H2,1-5H3,(H2,17,18). The summed E-state index contributed by atoms with van der Waals surface area (Å²) in [4.78, 5) is 20.9. The molecule has 1 rings (SSSR count). The van der Waals surface area contributed by atoms with Gasteiger partial charge in [-0.15, -0.1) is 0 Å². The lowest BCUT2D eigenvalue weighted by atomic mass is 10.1. The average Bonchev–Trinajstić information content (AvgIpc) is 2.41. The molecular formula is C16H28N4O. The molecule has 0 unspecified atom stereocenters. The predicted octanol–water partition coefficient (Wildman–Crippen LogP) is 1.89. The molecular weight excluding hydrogens is 264 g/mol. The van der Waals surface area contributed by atoms with Crippen LogP contribution >= 0.6 is 0 Å². The van der Waals surface area contributed by atoms with Crippen LogP contribution in [0.1, 0.15) is 36.8 Å². The zero-order valence-electron chi connectivity index (χ0n) is 13.9. The summed E-state index contributed by atoms with van der Waals surface area (Å²) in [7, 11) is 4.02. The number of hydrogen-bond acceptors (Lipinski definition) is 4. The molecule has 1 aromatic heterocycles. The number of anilines is 1. The second-order valence-corrected chi connectivity index (χ2v) is 6.07. The van der Waals surface area contributed by atoms with E-state index in [4.69, 9.17) is 5.73 Å². The molecule has 0 radical (unpaired) electrons. The van der Waals surface area contributed by atoms with Crippen molar-refractivity contribution in [2.45, 2.75) is 27.2 Å². The van der Waals surface area contributed by atoms with Gasteiger partial charge in [0.05, 0.1) is 0 Å². The summed E-state index contributed by atoms with van der Waals surface area (Å²) >= 11 is 0. The van der Waals surface area contributed by atoms with Gasteiger partial charge in [0, 0.05) is 30.9 Å². The predicted molar refractivity (Wildman–Crippen MR) is 87.3 cm³/mol. The number of rotatable bonds is 7. The molecule has 2 N–H and O–H groups in total. The first-order chi connectivity index (χ1) is 9.83. The minimum absolute atomic E-state index is 0.0364. The van der Waals surface area contributed by atoms with Crippen molar-refractivity contribution in [2.24, 2.45) is 5.92 Å². The van der Waals surface area contributed by atoms with Crippen molar-refractivity contribution in [2.75, 3.05) is 39.5 Å². The summed E-state index contributed by atoms with van der Waals surface area (Å²) in [6.45, 7) is 8.56. The van der Waals surface area contributed by atoms with E-state index in [2.05, 4.69) is 23.7 Å². The Hall–Kier alpha value is -1.62. The minimum atomic E-state index is 0.0364. The highest BCUT2D eigenvalue weighted by molar-refractivity contribution is 5.95. The molecule has 0 bridgehead atoms. The molecule has 21 heavy (non-hydrogen) atoms. The number of nitrogens with two attached hydrogens (primary N) is 1. The van der Waals surface area contributed by atoms with Crippen LogP contribution in [-0.4, -0.2) is 54.4 Å². The lowest BCUT2D eigenvalue weighted by molar-refractivity contribution is 0.0724. The maximum atomic E-state index is 12.7. The van der Waals surface area contributed by atoms with Crippen molar-refractivity contribution in [3.63, 3.8) is 0 Å². The summed E-state index contributed by atoms with van der Waals surface area (Å²) < 4.78 is 0. The van der Waals surface area contributed by atoms with Crippen LogP contribution in [0.3, 0.4) is 0 Å². The van der Waals surface area contributed by atoms with Crippen LogP contribution < -0.4 is 5.73 Å². The van der Waals surface area contributed by atoms with Crippen LogP contribution in [0.15, 0.2) is 12.1 Å². The molecule has 5 heteroatoms. The Morgan fingerprint density at radius 1 is 1.29 bits per heavy atom. The van der Waals surface area contributed by atoms with Crippen LogP contribution in [-0.2, 0) is 6.42 Å². The highest BCUT2D eigenvalue weighted by Crippen LogP contribution is 2.12. The smallest absolute Gasteiger partial charge is 0.254 e. The van der Waals surface area contributed by atoms with E-state index in [-0.39, 0.29) is 5.91 Å². The largest absolute Gasteiger partial charge is 0.384 e. The van der Waals surface area contributed by atoms with Crippen LogP contribution in [0.2, 0.25) is 0 Å². The summed E-state index contributed by atoms with van der Waals surface area (Å²) in [6.07, 6.45) is 0.771. The number of carbonyl (C=O) groups excluding carboxylic acids is 1. The zero-order chi connectivity index (χ0) is 16.0. The minimum Gasteiger partial charge on any atom is -0.384 e. The third-order valence-corrected chi connectivity index (χ3v) is 3.20. The second-order valence-electron chi connectivity index (χ2n) is 6.07. The van der Waals surface area contributed by atoms with Gasteiger partial charge in [0.15, 0.2) is 0 Å². The first kappa shape index (κ1) is 17.4. The van der Waals surface area contributed by atoms with Gasteiger partial charge in [-0.2, -0.15) is 0 Å². The lowest BCUT2D eigenvalue weighted by Crippen LogP contribution is -2.39. The van der Waals surface area contributed by atoms with Gasteiger partial charge in [0.25, 0.3) is 5.91 Å². The second kappa shape index (κ2) is 7.98. The van der Waals surface area contributed by atoms with Gasteiger partial charge in [-0.1, -0.05) is 20.8 Å². The Kier molecular flexibility index (Phi) is 6.62. The number of aromatic nitrogens is 1. The van der Waals surface area contributed by atoms with Crippen molar-refractivity contribution >= 4 is 11.7 Å². The van der Waals surface area contributed by atoms with Gasteiger partial charge in [-0.3, -0.25) is 4.79 Å². The SMILES string of the molecule is CCc1cc(C(=O)N(CCN(C)C)CC(C)C)cc(N)n1. The number of aryl methyl sites for hydroxylation is 1. The van der Waals surface area contributed by atoms with E-state index in [0.717, 1.165) is 25.2 Å². The summed E-state index contributed by atoms with van der Waals surface area (Å²) in [5.74, 6) is 0.880. The van der Waals surface area contributed by atoms with Crippen LogP contribution in [0.5, 0.6) is 0 Å². The fraction of sp³-hybridized carbons (Fsp3) is 0.625. The average molecular weight is 292 g/mol. The lowest BCUT2D eigenvalue weighted by Gasteiger charge is -2.26. The molecule has 0 atom stereocenters. The van der Waals surface area contributed by atoms with Gasteiger partial charge in [-0.05, 0) is 38.6 Å². The number of likely N-dealkylation sites (N-methyl/N-ethyl adjacent to an activating group) is 1. The van der Waals surface area contributed by atoms with Crippen LogP contribution in [0, 0.1) is 5.92 Å². The quantitative estimate of drug-likeness (QED) is 0.833. The third-order valence-electron chi connectivity index (χ3n) is 3.20. The molecule has 0 saturated carbocycles. The summed E-state index contributed by atoms with van der Waals surface area (Å²) in [5.41, 5.74) is 7.30. The first-order valence-electron chi connectivity index (χ1n) is 7.54. The summed E-state index contributed by atoms with van der Waals surface area (Å²) in [6, 6.07) is 3.52. The first-order valence-corrected chi connectivity index (χ1v) is 7.54. The van der Waals surface area contributed by atoms with Gasteiger partial charge < -0.3 is 15.5 Å². The van der Waals surface area contributed by atoms with Crippen molar-refractivity contribution in [3.05, 3.63) is 23.4 Å². The van der Waals surface area contributed by atoms with Crippen molar-refractivity contribution in [3.8, 4) is 0 Å². The molecule has 0 aliphatic carbocycles. The highest BCUT2D eigenvalue weighted by atomic mass is 16.2.